The maximum absolute atomic E-state index is 13.0. The standard InChI is InChI=1S/C15H21N3O3S/c1-3-17-11-13(10-16-17)22(19,20)18-7-6-12(2)9-14(18)15-5-4-8-21-15/h4-5,8,10-12,14H,3,6-7,9H2,1-2H3/t12-,14-/m0/s1. The molecule has 1 aliphatic heterocycles. The van der Waals surface area contributed by atoms with Gasteiger partial charge in [-0.15, -0.1) is 0 Å². The van der Waals surface area contributed by atoms with E-state index in [1.54, 1.807) is 27.5 Å². The van der Waals surface area contributed by atoms with E-state index in [-0.39, 0.29) is 10.9 Å². The third-order valence-electron chi connectivity index (χ3n) is 4.23. The highest BCUT2D eigenvalue weighted by atomic mass is 32.2. The number of piperidine rings is 1. The number of aromatic nitrogens is 2. The molecule has 1 aliphatic rings. The Morgan fingerprint density at radius 2 is 2.27 bits per heavy atom. The molecule has 7 heteroatoms. The summed E-state index contributed by atoms with van der Waals surface area (Å²) in [6.07, 6.45) is 6.24. The van der Waals surface area contributed by atoms with Crippen molar-refractivity contribution in [2.75, 3.05) is 6.54 Å². The lowest BCUT2D eigenvalue weighted by Gasteiger charge is -2.36. The zero-order valence-corrected chi connectivity index (χ0v) is 13.7. The summed E-state index contributed by atoms with van der Waals surface area (Å²) >= 11 is 0. The first-order chi connectivity index (χ1) is 10.5. The molecule has 0 N–H and O–H groups in total. The Morgan fingerprint density at radius 3 is 2.91 bits per heavy atom. The van der Waals surface area contributed by atoms with Crippen LogP contribution in [0.3, 0.4) is 0 Å². The minimum Gasteiger partial charge on any atom is -0.468 e. The van der Waals surface area contributed by atoms with Crippen LogP contribution in [-0.4, -0.2) is 29.0 Å². The van der Waals surface area contributed by atoms with Crippen molar-refractivity contribution in [3.63, 3.8) is 0 Å². The monoisotopic (exact) mass is 323 g/mol. The van der Waals surface area contributed by atoms with Gasteiger partial charge < -0.3 is 4.42 Å². The predicted octanol–water partition coefficient (Wildman–Crippen LogP) is 2.66. The van der Waals surface area contributed by atoms with E-state index in [9.17, 15) is 8.42 Å². The van der Waals surface area contributed by atoms with Gasteiger partial charge >= 0.3 is 0 Å². The predicted molar refractivity (Wildman–Crippen MR) is 81.6 cm³/mol. The van der Waals surface area contributed by atoms with Crippen LogP contribution in [0, 0.1) is 5.92 Å². The Labute approximate surface area is 130 Å². The average Bonchev–Trinajstić information content (AvgIpc) is 3.18. The molecule has 0 bridgehead atoms. The molecule has 0 saturated carbocycles. The van der Waals surface area contributed by atoms with Crippen LogP contribution in [0.25, 0.3) is 0 Å². The second-order valence-electron chi connectivity index (χ2n) is 5.81. The van der Waals surface area contributed by atoms with Crippen LogP contribution < -0.4 is 0 Å². The summed E-state index contributed by atoms with van der Waals surface area (Å²) in [6.45, 7) is 5.23. The summed E-state index contributed by atoms with van der Waals surface area (Å²) in [6, 6.07) is 3.41. The summed E-state index contributed by atoms with van der Waals surface area (Å²) in [5.41, 5.74) is 0. The van der Waals surface area contributed by atoms with E-state index in [4.69, 9.17) is 4.42 Å². The molecule has 0 aliphatic carbocycles. The van der Waals surface area contributed by atoms with Crippen LogP contribution in [0.2, 0.25) is 0 Å². The number of hydrogen-bond donors (Lipinski definition) is 0. The minimum atomic E-state index is -3.56. The van der Waals surface area contributed by atoms with Gasteiger partial charge in [0.05, 0.1) is 18.5 Å². The summed E-state index contributed by atoms with van der Waals surface area (Å²) in [5, 5.41) is 4.09. The van der Waals surface area contributed by atoms with E-state index in [0.29, 0.717) is 24.8 Å². The van der Waals surface area contributed by atoms with Crippen molar-refractivity contribution in [3.05, 3.63) is 36.5 Å². The molecule has 2 aromatic rings. The molecule has 0 unspecified atom stereocenters. The Bertz CT molecular complexity index is 721. The van der Waals surface area contributed by atoms with Crippen molar-refractivity contribution in [2.24, 2.45) is 5.92 Å². The number of nitrogens with zero attached hydrogens (tertiary/aromatic N) is 3. The molecule has 22 heavy (non-hydrogen) atoms. The maximum Gasteiger partial charge on any atom is 0.246 e. The smallest absolute Gasteiger partial charge is 0.246 e. The van der Waals surface area contributed by atoms with E-state index in [0.717, 1.165) is 12.8 Å². The lowest BCUT2D eigenvalue weighted by Crippen LogP contribution is -2.40. The van der Waals surface area contributed by atoms with Crippen LogP contribution in [0.1, 0.15) is 38.5 Å². The van der Waals surface area contributed by atoms with E-state index in [1.165, 1.54) is 6.20 Å². The van der Waals surface area contributed by atoms with E-state index in [2.05, 4.69) is 12.0 Å². The number of hydrogen-bond acceptors (Lipinski definition) is 4. The van der Waals surface area contributed by atoms with Crippen molar-refractivity contribution in [1.29, 1.82) is 0 Å². The van der Waals surface area contributed by atoms with Gasteiger partial charge in [0.1, 0.15) is 10.7 Å². The van der Waals surface area contributed by atoms with Gasteiger partial charge in [-0.05, 0) is 37.8 Å². The summed E-state index contributed by atoms with van der Waals surface area (Å²) in [5.74, 6) is 1.18. The van der Waals surface area contributed by atoms with E-state index in [1.807, 2.05) is 13.0 Å². The lowest BCUT2D eigenvalue weighted by atomic mass is 9.93. The number of aryl methyl sites for hydroxylation is 1. The summed E-state index contributed by atoms with van der Waals surface area (Å²) < 4.78 is 34.6. The first-order valence-electron chi connectivity index (χ1n) is 7.60. The summed E-state index contributed by atoms with van der Waals surface area (Å²) in [7, 11) is -3.56. The number of furan rings is 1. The number of rotatable bonds is 4. The minimum absolute atomic E-state index is 0.242. The quantitative estimate of drug-likeness (QED) is 0.867. The van der Waals surface area contributed by atoms with Gasteiger partial charge in [0.2, 0.25) is 10.0 Å². The fraction of sp³-hybridized carbons (Fsp3) is 0.533. The second kappa shape index (κ2) is 5.89. The molecule has 0 amide bonds. The van der Waals surface area contributed by atoms with Gasteiger partial charge in [-0.25, -0.2) is 8.42 Å². The Hall–Kier alpha value is -1.60. The highest BCUT2D eigenvalue weighted by molar-refractivity contribution is 7.89. The molecule has 2 aromatic heterocycles. The molecule has 1 fully saturated rings. The normalized spacial score (nSPS) is 23.7. The van der Waals surface area contributed by atoms with E-state index < -0.39 is 10.0 Å². The van der Waals surface area contributed by atoms with Crippen molar-refractivity contribution >= 4 is 10.0 Å². The highest BCUT2D eigenvalue weighted by Gasteiger charge is 2.38. The average molecular weight is 323 g/mol. The molecular weight excluding hydrogens is 302 g/mol. The molecule has 1 saturated heterocycles. The Kier molecular flexibility index (Phi) is 4.10. The van der Waals surface area contributed by atoms with Crippen LogP contribution in [0.5, 0.6) is 0 Å². The third kappa shape index (κ3) is 2.70. The first kappa shape index (κ1) is 15.3. The largest absolute Gasteiger partial charge is 0.468 e. The summed E-state index contributed by atoms with van der Waals surface area (Å²) in [4.78, 5) is 0.250. The first-order valence-corrected chi connectivity index (χ1v) is 9.04. The van der Waals surface area contributed by atoms with Gasteiger partial charge in [-0.3, -0.25) is 4.68 Å². The molecule has 120 valence electrons. The Balaban J connectivity index is 1.96. The third-order valence-corrected chi connectivity index (χ3v) is 6.09. The van der Waals surface area contributed by atoms with Gasteiger partial charge in [0, 0.05) is 19.3 Å². The Morgan fingerprint density at radius 1 is 1.45 bits per heavy atom. The van der Waals surface area contributed by atoms with Crippen molar-refractivity contribution in [3.8, 4) is 0 Å². The zero-order chi connectivity index (χ0) is 15.7. The zero-order valence-electron chi connectivity index (χ0n) is 12.8. The van der Waals surface area contributed by atoms with E-state index >= 15 is 0 Å². The van der Waals surface area contributed by atoms with Gasteiger partial charge in [-0.2, -0.15) is 9.40 Å². The highest BCUT2D eigenvalue weighted by Crippen LogP contribution is 2.37. The van der Waals surface area contributed by atoms with Crippen LogP contribution in [-0.2, 0) is 16.6 Å². The van der Waals surface area contributed by atoms with Gasteiger partial charge in [0.25, 0.3) is 0 Å². The van der Waals surface area contributed by atoms with Gasteiger partial charge in [-0.1, -0.05) is 6.92 Å². The van der Waals surface area contributed by atoms with Crippen molar-refractivity contribution < 1.29 is 12.8 Å². The van der Waals surface area contributed by atoms with Crippen LogP contribution in [0.4, 0.5) is 0 Å². The molecular formula is C15H21N3O3S. The fourth-order valence-electron chi connectivity index (χ4n) is 2.93. The topological polar surface area (TPSA) is 68.3 Å². The molecule has 0 radical (unpaired) electrons. The lowest BCUT2D eigenvalue weighted by molar-refractivity contribution is 0.185. The second-order valence-corrected chi connectivity index (χ2v) is 7.70. The molecule has 6 nitrogen and oxygen atoms in total. The van der Waals surface area contributed by atoms with Crippen molar-refractivity contribution in [2.45, 2.75) is 44.2 Å². The SMILES string of the molecule is CCn1cc(S(=O)(=O)N2CC[C@H](C)C[C@H]2c2ccco2)cn1. The van der Waals surface area contributed by atoms with Crippen LogP contribution >= 0.6 is 0 Å². The molecule has 0 spiro atoms. The number of sulfonamides is 1. The van der Waals surface area contributed by atoms with Crippen molar-refractivity contribution in [1.82, 2.24) is 14.1 Å². The fourth-order valence-corrected chi connectivity index (χ4v) is 4.51. The van der Waals surface area contributed by atoms with Crippen LogP contribution in [0.15, 0.2) is 40.1 Å². The van der Waals surface area contributed by atoms with Gasteiger partial charge in [0.15, 0.2) is 0 Å². The molecule has 3 heterocycles. The molecule has 2 atom stereocenters. The molecule has 3 rings (SSSR count). The molecule has 0 aromatic carbocycles. The maximum atomic E-state index is 13.0.